The van der Waals surface area contributed by atoms with E-state index in [0.29, 0.717) is 0 Å². The molecule has 1 N–H and O–H groups in total. The zero-order chi connectivity index (χ0) is 20.8. The molecule has 0 radical (unpaired) electrons. The van der Waals surface area contributed by atoms with E-state index in [4.69, 9.17) is 9.98 Å². The van der Waals surface area contributed by atoms with Gasteiger partial charge in [-0.15, -0.1) is 45.5 Å². The Balaban J connectivity index is 0.00000272. The molecule has 0 saturated heterocycles. The standard InChI is InChI=1S/C22H35N7S.HI/c1-3-23-22(28(2)16-21-25-17-10-6-7-11-18(17)30-21)24-14-9-13-20-27-26-19-12-5-4-8-15-29(19)20;/h3-16H2,1-2H3,(H,23,24);1H. The Labute approximate surface area is 207 Å². The van der Waals surface area contributed by atoms with Gasteiger partial charge in [0.1, 0.15) is 16.7 Å². The van der Waals surface area contributed by atoms with Crippen LogP contribution in [0.15, 0.2) is 4.99 Å². The van der Waals surface area contributed by atoms with E-state index in [9.17, 15) is 0 Å². The highest BCUT2D eigenvalue weighted by Gasteiger charge is 2.17. The van der Waals surface area contributed by atoms with E-state index >= 15 is 0 Å². The van der Waals surface area contributed by atoms with E-state index in [2.05, 4.69) is 39.0 Å². The maximum Gasteiger partial charge on any atom is 0.194 e. The van der Waals surface area contributed by atoms with Crippen LogP contribution < -0.4 is 5.32 Å². The first-order valence-electron chi connectivity index (χ1n) is 11.6. The Morgan fingerprint density at radius 1 is 1.13 bits per heavy atom. The molecule has 1 aliphatic carbocycles. The Kier molecular flexibility index (Phi) is 9.55. The molecule has 0 bridgehead atoms. The van der Waals surface area contributed by atoms with E-state index in [-0.39, 0.29) is 24.0 Å². The second-order valence-corrected chi connectivity index (χ2v) is 9.54. The number of hydrogen-bond donors (Lipinski definition) is 1. The van der Waals surface area contributed by atoms with E-state index in [1.165, 1.54) is 59.9 Å². The summed E-state index contributed by atoms with van der Waals surface area (Å²) in [7, 11) is 2.11. The first-order chi connectivity index (χ1) is 14.7. The summed E-state index contributed by atoms with van der Waals surface area (Å²) in [5, 5.41) is 13.5. The molecule has 0 unspecified atom stereocenters. The van der Waals surface area contributed by atoms with Crippen LogP contribution in [0.1, 0.15) is 72.7 Å². The Morgan fingerprint density at radius 2 is 1.97 bits per heavy atom. The summed E-state index contributed by atoms with van der Waals surface area (Å²) >= 11 is 1.89. The Morgan fingerprint density at radius 3 is 2.81 bits per heavy atom. The maximum atomic E-state index is 4.89. The third-order valence-corrected chi connectivity index (χ3v) is 7.11. The van der Waals surface area contributed by atoms with Crippen molar-refractivity contribution in [2.75, 3.05) is 20.1 Å². The van der Waals surface area contributed by atoms with Crippen LogP contribution in [0.2, 0.25) is 0 Å². The molecule has 0 aromatic carbocycles. The van der Waals surface area contributed by atoms with Gasteiger partial charge in [0.05, 0.1) is 12.2 Å². The molecule has 7 nitrogen and oxygen atoms in total. The number of thiazole rings is 1. The van der Waals surface area contributed by atoms with Gasteiger partial charge in [0.15, 0.2) is 5.96 Å². The van der Waals surface area contributed by atoms with Crippen LogP contribution in [0.25, 0.3) is 0 Å². The fourth-order valence-corrected chi connectivity index (χ4v) is 5.58. The van der Waals surface area contributed by atoms with Gasteiger partial charge in [-0.25, -0.2) is 4.98 Å². The van der Waals surface area contributed by atoms with Gasteiger partial charge >= 0.3 is 0 Å². The number of nitrogens with zero attached hydrogens (tertiary/aromatic N) is 6. The van der Waals surface area contributed by atoms with Crippen LogP contribution in [0.5, 0.6) is 0 Å². The molecular weight excluding hydrogens is 521 g/mol. The predicted molar refractivity (Wildman–Crippen MR) is 138 cm³/mol. The van der Waals surface area contributed by atoms with E-state index < -0.39 is 0 Å². The topological polar surface area (TPSA) is 71.2 Å². The number of rotatable bonds is 7. The third-order valence-electron chi connectivity index (χ3n) is 5.97. The summed E-state index contributed by atoms with van der Waals surface area (Å²) in [6.07, 6.45) is 11.7. The van der Waals surface area contributed by atoms with Crippen LogP contribution in [-0.2, 0) is 38.8 Å². The third kappa shape index (κ3) is 6.40. The van der Waals surface area contributed by atoms with Gasteiger partial charge in [0.2, 0.25) is 0 Å². The maximum absolute atomic E-state index is 4.89. The highest BCUT2D eigenvalue weighted by molar-refractivity contribution is 14.0. The lowest BCUT2D eigenvalue weighted by Crippen LogP contribution is -2.38. The number of fused-ring (bicyclic) bond motifs is 2. The van der Waals surface area contributed by atoms with E-state index in [1.807, 2.05) is 11.3 Å². The van der Waals surface area contributed by atoms with Crippen molar-refractivity contribution in [2.24, 2.45) is 4.99 Å². The number of aliphatic imine (C=N–C) groups is 1. The van der Waals surface area contributed by atoms with Gasteiger partial charge in [0, 0.05) is 44.4 Å². The molecule has 2 aromatic heterocycles. The van der Waals surface area contributed by atoms with Crippen LogP contribution in [0.4, 0.5) is 0 Å². The van der Waals surface area contributed by atoms with Crippen LogP contribution in [0, 0.1) is 0 Å². The van der Waals surface area contributed by atoms with Gasteiger partial charge in [0.25, 0.3) is 0 Å². The number of aromatic nitrogens is 4. The minimum absolute atomic E-state index is 0. The lowest BCUT2D eigenvalue weighted by atomic mass is 10.0. The SMILES string of the molecule is CCNC(=NCCCc1nnc2n1CCCCC2)N(C)Cc1nc2c(s1)CCCC2.I. The Bertz CT molecular complexity index is 837. The molecule has 0 spiro atoms. The summed E-state index contributed by atoms with van der Waals surface area (Å²) in [6.45, 7) is 5.68. The van der Waals surface area contributed by atoms with Gasteiger partial charge < -0.3 is 14.8 Å². The summed E-state index contributed by atoms with van der Waals surface area (Å²) in [5.41, 5.74) is 1.34. The fraction of sp³-hybridized carbons (Fsp3) is 0.727. The fourth-order valence-electron chi connectivity index (χ4n) is 4.37. The quantitative estimate of drug-likeness (QED) is 0.241. The molecule has 172 valence electrons. The number of aryl methyl sites for hydroxylation is 4. The van der Waals surface area contributed by atoms with Crippen molar-refractivity contribution in [3.8, 4) is 0 Å². The molecule has 0 fully saturated rings. The normalized spacial score (nSPS) is 16.1. The Hall–Kier alpha value is -1.23. The largest absolute Gasteiger partial charge is 0.357 e. The minimum atomic E-state index is 0. The number of nitrogens with one attached hydrogen (secondary N) is 1. The smallest absolute Gasteiger partial charge is 0.194 e. The summed E-state index contributed by atoms with van der Waals surface area (Å²) in [6, 6.07) is 0. The van der Waals surface area contributed by atoms with Crippen molar-refractivity contribution in [1.82, 2.24) is 30.0 Å². The lowest BCUT2D eigenvalue weighted by molar-refractivity contribution is 0.474. The van der Waals surface area contributed by atoms with Gasteiger partial charge in [-0.05, 0) is 51.9 Å². The summed E-state index contributed by atoms with van der Waals surface area (Å²) in [5.74, 6) is 3.27. The molecule has 0 saturated carbocycles. The molecule has 1 aliphatic heterocycles. The van der Waals surface area contributed by atoms with Crippen molar-refractivity contribution >= 4 is 41.3 Å². The first kappa shape index (κ1) is 24.4. The molecular formula is C22H36IN7S. The summed E-state index contributed by atoms with van der Waals surface area (Å²) in [4.78, 5) is 13.5. The summed E-state index contributed by atoms with van der Waals surface area (Å²) < 4.78 is 2.35. The molecule has 3 heterocycles. The number of halogens is 1. The van der Waals surface area contributed by atoms with E-state index in [0.717, 1.165) is 63.6 Å². The molecule has 0 atom stereocenters. The predicted octanol–water partition coefficient (Wildman–Crippen LogP) is 3.99. The number of guanidine groups is 1. The molecule has 0 amide bonds. The van der Waals surface area contributed by atoms with Crippen LogP contribution in [0.3, 0.4) is 0 Å². The van der Waals surface area contributed by atoms with Crippen molar-refractivity contribution in [2.45, 2.75) is 84.2 Å². The molecule has 2 aliphatic rings. The van der Waals surface area contributed by atoms with Crippen molar-refractivity contribution in [1.29, 1.82) is 0 Å². The van der Waals surface area contributed by atoms with Crippen LogP contribution in [-0.4, -0.2) is 50.7 Å². The van der Waals surface area contributed by atoms with Gasteiger partial charge in [-0.3, -0.25) is 4.99 Å². The molecule has 31 heavy (non-hydrogen) atoms. The second kappa shape index (κ2) is 12.1. The average Bonchev–Trinajstić information content (AvgIpc) is 3.25. The zero-order valence-electron chi connectivity index (χ0n) is 18.9. The number of hydrogen-bond acceptors (Lipinski definition) is 5. The van der Waals surface area contributed by atoms with Gasteiger partial charge in [-0.1, -0.05) is 6.42 Å². The zero-order valence-corrected chi connectivity index (χ0v) is 22.0. The van der Waals surface area contributed by atoms with Crippen LogP contribution >= 0.6 is 35.3 Å². The highest BCUT2D eigenvalue weighted by atomic mass is 127. The molecule has 9 heteroatoms. The van der Waals surface area contributed by atoms with Crippen molar-refractivity contribution < 1.29 is 0 Å². The highest BCUT2D eigenvalue weighted by Crippen LogP contribution is 2.27. The molecule has 4 rings (SSSR count). The van der Waals surface area contributed by atoms with Crippen molar-refractivity contribution in [3.63, 3.8) is 0 Å². The first-order valence-corrected chi connectivity index (χ1v) is 12.4. The molecule has 2 aromatic rings. The van der Waals surface area contributed by atoms with Gasteiger partial charge in [-0.2, -0.15) is 0 Å². The van der Waals surface area contributed by atoms with E-state index in [1.54, 1.807) is 0 Å². The minimum Gasteiger partial charge on any atom is -0.357 e. The average molecular weight is 558 g/mol. The monoisotopic (exact) mass is 557 g/mol. The van der Waals surface area contributed by atoms with Crippen molar-refractivity contribution in [3.05, 3.63) is 27.2 Å². The lowest BCUT2D eigenvalue weighted by Gasteiger charge is -2.21. The second-order valence-electron chi connectivity index (χ2n) is 8.37.